The molecule has 182 valence electrons. The first kappa shape index (κ1) is 25.0. The van der Waals surface area contributed by atoms with Crippen LogP contribution in [0.1, 0.15) is 24.8 Å². The number of carbonyl (C=O) groups is 3. The zero-order valence-electron chi connectivity index (χ0n) is 18.9. The van der Waals surface area contributed by atoms with E-state index in [9.17, 15) is 19.5 Å². The lowest BCUT2D eigenvalue weighted by Crippen LogP contribution is -2.52. The number of anilines is 1. The smallest absolute Gasteiger partial charge is 0.329 e. The predicted octanol–water partition coefficient (Wildman–Crippen LogP) is 1.41. The summed E-state index contributed by atoms with van der Waals surface area (Å²) < 4.78 is 5.34. The Morgan fingerprint density at radius 1 is 1.12 bits per heavy atom. The van der Waals surface area contributed by atoms with Gasteiger partial charge in [0.25, 0.3) is 0 Å². The molecule has 0 radical (unpaired) electrons. The Morgan fingerprint density at radius 3 is 2.50 bits per heavy atom. The van der Waals surface area contributed by atoms with Gasteiger partial charge in [-0.1, -0.05) is 18.2 Å². The molecule has 0 saturated carbocycles. The van der Waals surface area contributed by atoms with Crippen molar-refractivity contribution in [3.63, 3.8) is 0 Å². The monoisotopic (exact) mass is 470 g/mol. The first-order valence-corrected chi connectivity index (χ1v) is 11.2. The van der Waals surface area contributed by atoms with Crippen molar-refractivity contribution < 1.29 is 29.3 Å². The van der Waals surface area contributed by atoms with E-state index in [0.29, 0.717) is 38.3 Å². The zero-order chi connectivity index (χ0) is 24.3. The average Bonchev–Trinajstić information content (AvgIpc) is 2.84. The van der Waals surface area contributed by atoms with Gasteiger partial charge in [0.15, 0.2) is 0 Å². The van der Waals surface area contributed by atoms with Crippen molar-refractivity contribution in [3.05, 3.63) is 54.2 Å². The molecule has 0 aliphatic carbocycles. The van der Waals surface area contributed by atoms with E-state index >= 15 is 0 Å². The number of likely N-dealkylation sites (tertiary alicyclic amines) is 1. The molecule has 0 bridgehead atoms. The second kappa shape index (κ2) is 12.5. The van der Waals surface area contributed by atoms with Gasteiger partial charge in [0.2, 0.25) is 11.8 Å². The zero-order valence-corrected chi connectivity index (χ0v) is 18.9. The number of carbonyl (C=O) groups excluding carboxylic acids is 2. The molecular weight excluding hydrogens is 440 g/mol. The van der Waals surface area contributed by atoms with Crippen molar-refractivity contribution in [2.24, 2.45) is 0 Å². The summed E-state index contributed by atoms with van der Waals surface area (Å²) in [6.45, 7) is 0.860. The number of nitrogens with zero attached hydrogens (tertiary/aromatic N) is 2. The maximum Gasteiger partial charge on any atom is 0.329 e. The summed E-state index contributed by atoms with van der Waals surface area (Å²) in [5.41, 5.74) is 0.808. The van der Waals surface area contributed by atoms with Gasteiger partial charge in [-0.3, -0.25) is 9.59 Å². The van der Waals surface area contributed by atoms with Crippen LogP contribution >= 0.6 is 0 Å². The number of phenolic OH excluding ortho intramolecular Hbond substituents is 1. The third kappa shape index (κ3) is 8.04. The van der Waals surface area contributed by atoms with Crippen LogP contribution in [0.2, 0.25) is 0 Å². The largest absolute Gasteiger partial charge is 0.508 e. The summed E-state index contributed by atoms with van der Waals surface area (Å²) in [6, 6.07) is 11.2. The number of aromatic nitrogens is 1. The van der Waals surface area contributed by atoms with Gasteiger partial charge in [-0.25, -0.2) is 9.78 Å². The van der Waals surface area contributed by atoms with Crippen molar-refractivity contribution in [2.75, 3.05) is 31.6 Å². The Kier molecular flexibility index (Phi) is 9.21. The number of phenols is 1. The molecule has 1 aliphatic rings. The lowest BCUT2D eigenvalue weighted by atomic mass is 10.0. The molecular formula is C24H30N4O6. The van der Waals surface area contributed by atoms with Gasteiger partial charge in [-0.2, -0.15) is 0 Å². The third-order valence-electron chi connectivity index (χ3n) is 5.53. The number of carboxylic acid groups (broad SMARTS) is 1. The van der Waals surface area contributed by atoms with E-state index in [0.717, 1.165) is 5.56 Å². The number of aromatic hydroxyl groups is 1. The minimum atomic E-state index is -1.02. The summed E-state index contributed by atoms with van der Waals surface area (Å²) in [4.78, 5) is 42.4. The van der Waals surface area contributed by atoms with Crippen LogP contribution in [0.3, 0.4) is 0 Å². The highest BCUT2D eigenvalue weighted by molar-refractivity contribution is 5.88. The van der Waals surface area contributed by atoms with E-state index in [1.807, 2.05) is 6.07 Å². The summed E-state index contributed by atoms with van der Waals surface area (Å²) >= 11 is 0. The minimum absolute atomic E-state index is 0.125. The van der Waals surface area contributed by atoms with Crippen LogP contribution in [-0.2, 0) is 25.5 Å². The normalized spacial score (nSPS) is 14.9. The fourth-order valence-corrected chi connectivity index (χ4v) is 3.76. The standard InChI is InChI=1S/C24H30N4O6/c29-18-6-4-17(5-7-18)15-20(27-22(30)8-12-26-21-3-1-2-11-25-21)24(33)28-13-9-19(10-14-28)34-16-23(31)32/h1-7,11,19-20,29H,8-10,12-16H2,(H,25,26)(H,27,30)(H,31,32). The number of aliphatic carboxylic acids is 1. The Bertz CT molecular complexity index is 946. The molecule has 1 unspecified atom stereocenters. The van der Waals surface area contributed by atoms with E-state index in [-0.39, 0.29) is 43.1 Å². The molecule has 1 aliphatic heterocycles. The third-order valence-corrected chi connectivity index (χ3v) is 5.53. The van der Waals surface area contributed by atoms with Crippen LogP contribution < -0.4 is 10.6 Å². The molecule has 1 aromatic carbocycles. The van der Waals surface area contributed by atoms with Gasteiger partial charge in [-0.05, 0) is 42.7 Å². The predicted molar refractivity (Wildman–Crippen MR) is 124 cm³/mol. The van der Waals surface area contributed by atoms with Crippen LogP contribution in [0, 0.1) is 0 Å². The molecule has 2 amide bonds. The number of nitrogens with one attached hydrogen (secondary N) is 2. The number of amides is 2. The molecule has 10 heteroatoms. The van der Waals surface area contributed by atoms with Gasteiger partial charge in [0.05, 0.1) is 6.10 Å². The van der Waals surface area contributed by atoms with Crippen molar-refractivity contribution in [2.45, 2.75) is 37.8 Å². The summed E-state index contributed by atoms with van der Waals surface area (Å²) in [5, 5.41) is 24.2. The molecule has 2 heterocycles. The number of hydrogen-bond donors (Lipinski definition) is 4. The molecule has 0 spiro atoms. The molecule has 10 nitrogen and oxygen atoms in total. The van der Waals surface area contributed by atoms with Crippen LogP contribution in [0.5, 0.6) is 5.75 Å². The lowest BCUT2D eigenvalue weighted by Gasteiger charge is -2.34. The van der Waals surface area contributed by atoms with E-state index in [2.05, 4.69) is 15.6 Å². The Hall–Kier alpha value is -3.66. The highest BCUT2D eigenvalue weighted by atomic mass is 16.5. The maximum atomic E-state index is 13.3. The second-order valence-electron chi connectivity index (χ2n) is 8.11. The highest BCUT2D eigenvalue weighted by Gasteiger charge is 2.30. The molecule has 1 fully saturated rings. The molecule has 1 aromatic heterocycles. The van der Waals surface area contributed by atoms with E-state index in [1.165, 1.54) is 0 Å². The first-order valence-electron chi connectivity index (χ1n) is 11.2. The Balaban J connectivity index is 1.57. The summed E-state index contributed by atoms with van der Waals surface area (Å²) in [6.07, 6.45) is 2.97. The Morgan fingerprint density at radius 2 is 1.85 bits per heavy atom. The molecule has 3 rings (SSSR count). The van der Waals surface area contributed by atoms with Crippen molar-refractivity contribution in [3.8, 4) is 5.75 Å². The second-order valence-corrected chi connectivity index (χ2v) is 8.11. The summed E-state index contributed by atoms with van der Waals surface area (Å²) in [7, 11) is 0. The van der Waals surface area contributed by atoms with Gasteiger partial charge >= 0.3 is 5.97 Å². The highest BCUT2D eigenvalue weighted by Crippen LogP contribution is 2.17. The van der Waals surface area contributed by atoms with Gasteiger partial charge in [-0.15, -0.1) is 0 Å². The van der Waals surface area contributed by atoms with Crippen molar-refractivity contribution >= 4 is 23.6 Å². The number of pyridine rings is 1. The quantitative estimate of drug-likeness (QED) is 0.386. The van der Waals surface area contributed by atoms with Crippen molar-refractivity contribution in [1.82, 2.24) is 15.2 Å². The molecule has 2 aromatic rings. The summed E-state index contributed by atoms with van der Waals surface area (Å²) in [5.74, 6) is -0.691. The van der Waals surface area contributed by atoms with Gasteiger partial charge < -0.3 is 30.5 Å². The maximum absolute atomic E-state index is 13.3. The number of carboxylic acids is 1. The van der Waals surface area contributed by atoms with Crippen LogP contribution in [0.25, 0.3) is 0 Å². The van der Waals surface area contributed by atoms with Crippen LogP contribution in [-0.4, -0.2) is 76.3 Å². The topological polar surface area (TPSA) is 141 Å². The lowest BCUT2D eigenvalue weighted by molar-refractivity contribution is -0.147. The number of hydrogen-bond acceptors (Lipinski definition) is 7. The number of ether oxygens (including phenoxy) is 1. The van der Waals surface area contributed by atoms with Crippen LogP contribution in [0.15, 0.2) is 48.7 Å². The van der Waals surface area contributed by atoms with Crippen molar-refractivity contribution in [1.29, 1.82) is 0 Å². The molecule has 34 heavy (non-hydrogen) atoms. The van der Waals surface area contributed by atoms with Crippen LogP contribution in [0.4, 0.5) is 5.82 Å². The van der Waals surface area contributed by atoms with Gasteiger partial charge in [0, 0.05) is 38.7 Å². The minimum Gasteiger partial charge on any atom is -0.508 e. The Labute approximate surface area is 197 Å². The fourth-order valence-electron chi connectivity index (χ4n) is 3.76. The number of piperidine rings is 1. The molecule has 1 atom stereocenters. The SMILES string of the molecule is O=C(O)COC1CCN(C(=O)C(Cc2ccc(O)cc2)NC(=O)CCNc2ccccn2)CC1. The van der Waals surface area contributed by atoms with Gasteiger partial charge in [0.1, 0.15) is 24.2 Å². The van der Waals surface area contributed by atoms with E-state index < -0.39 is 12.0 Å². The molecule has 4 N–H and O–H groups in total. The van der Waals surface area contributed by atoms with E-state index in [1.54, 1.807) is 47.5 Å². The first-order chi connectivity index (χ1) is 16.4. The number of rotatable bonds is 11. The number of benzene rings is 1. The average molecular weight is 471 g/mol. The van der Waals surface area contributed by atoms with E-state index in [4.69, 9.17) is 9.84 Å². The molecule has 1 saturated heterocycles. The fraction of sp³-hybridized carbons (Fsp3) is 0.417.